The topological polar surface area (TPSA) is 58.1 Å². The molecule has 0 amide bonds. The molecule has 1 aromatic rings. The predicted molar refractivity (Wildman–Crippen MR) is 109 cm³/mol. The molecular weight excluding hydrogens is 340 g/mol. The number of likely N-dealkylation sites (tertiary alicyclic amines) is 1. The Bertz CT molecular complexity index is 553. The molecular formula is C21H34N4O2. The monoisotopic (exact) mass is 374 g/mol. The highest BCUT2D eigenvalue weighted by molar-refractivity contribution is 5.79. The van der Waals surface area contributed by atoms with Gasteiger partial charge in [0.1, 0.15) is 0 Å². The van der Waals surface area contributed by atoms with Gasteiger partial charge in [0.15, 0.2) is 5.96 Å². The fraction of sp³-hybridized carbons (Fsp3) is 0.667. The van der Waals surface area contributed by atoms with Crippen molar-refractivity contribution in [2.45, 2.75) is 31.9 Å². The van der Waals surface area contributed by atoms with Crippen LogP contribution in [-0.2, 0) is 16.1 Å². The molecule has 6 nitrogen and oxygen atoms in total. The van der Waals surface area contributed by atoms with Crippen LogP contribution in [0.15, 0.2) is 35.3 Å². The average Bonchev–Trinajstić information content (AvgIpc) is 3.22. The summed E-state index contributed by atoms with van der Waals surface area (Å²) in [6.07, 6.45) is 3.55. The summed E-state index contributed by atoms with van der Waals surface area (Å²) in [5, 5.41) is 6.92. The van der Waals surface area contributed by atoms with E-state index >= 15 is 0 Å². The van der Waals surface area contributed by atoms with E-state index in [9.17, 15) is 0 Å². The van der Waals surface area contributed by atoms with Gasteiger partial charge >= 0.3 is 0 Å². The van der Waals surface area contributed by atoms with Crippen molar-refractivity contribution in [2.75, 3.05) is 53.0 Å². The third-order valence-corrected chi connectivity index (χ3v) is 5.34. The lowest BCUT2D eigenvalue weighted by atomic mass is 10.0. The van der Waals surface area contributed by atoms with Gasteiger partial charge in [0.25, 0.3) is 0 Å². The summed E-state index contributed by atoms with van der Waals surface area (Å²) < 4.78 is 11.2. The molecule has 1 unspecified atom stereocenters. The average molecular weight is 375 g/mol. The maximum Gasteiger partial charge on any atom is 0.191 e. The first-order chi connectivity index (χ1) is 13.3. The van der Waals surface area contributed by atoms with Crippen LogP contribution in [0, 0.1) is 5.92 Å². The quantitative estimate of drug-likeness (QED) is 0.413. The first-order valence-electron chi connectivity index (χ1n) is 10.2. The molecule has 2 heterocycles. The minimum Gasteiger partial charge on any atom is -0.381 e. The highest BCUT2D eigenvalue weighted by Gasteiger charge is 2.24. The van der Waals surface area contributed by atoms with E-state index in [-0.39, 0.29) is 0 Å². The molecule has 0 spiro atoms. The van der Waals surface area contributed by atoms with Crippen molar-refractivity contribution in [1.82, 2.24) is 15.5 Å². The number of rotatable bonds is 8. The van der Waals surface area contributed by atoms with Crippen molar-refractivity contribution in [2.24, 2.45) is 10.9 Å². The van der Waals surface area contributed by atoms with Gasteiger partial charge in [-0.3, -0.25) is 4.99 Å². The fourth-order valence-electron chi connectivity index (χ4n) is 3.75. The Morgan fingerprint density at radius 2 is 2.04 bits per heavy atom. The minimum atomic E-state index is 0.498. The van der Waals surface area contributed by atoms with E-state index in [1.807, 2.05) is 25.2 Å². The van der Waals surface area contributed by atoms with Crippen molar-refractivity contribution in [1.29, 1.82) is 0 Å². The molecule has 0 saturated carbocycles. The predicted octanol–water partition coefficient (Wildman–Crippen LogP) is 1.87. The van der Waals surface area contributed by atoms with E-state index in [0.717, 1.165) is 44.7 Å². The van der Waals surface area contributed by atoms with Crippen molar-refractivity contribution in [3.8, 4) is 0 Å². The summed E-state index contributed by atoms with van der Waals surface area (Å²) in [5.74, 6) is 1.61. The van der Waals surface area contributed by atoms with Crippen molar-refractivity contribution in [3.63, 3.8) is 0 Å². The number of ether oxygens (including phenoxy) is 2. The molecule has 2 aliphatic heterocycles. The summed E-state index contributed by atoms with van der Waals surface area (Å²) in [6.45, 7) is 7.47. The molecule has 1 atom stereocenters. The molecule has 0 aliphatic carbocycles. The minimum absolute atomic E-state index is 0.498. The molecule has 2 aliphatic rings. The Hall–Kier alpha value is -1.63. The highest BCUT2D eigenvalue weighted by atomic mass is 16.5. The third-order valence-electron chi connectivity index (χ3n) is 5.34. The highest BCUT2D eigenvalue weighted by Crippen LogP contribution is 2.17. The Morgan fingerprint density at radius 1 is 1.22 bits per heavy atom. The standard InChI is InChI=1S/C21H34N4O2/c1-22-21(23-10-14-27-16-18-5-3-2-4-6-18)24-20-7-11-25(12-8-20)15-19-9-13-26-17-19/h2-6,19-20H,7-17H2,1H3,(H2,22,23,24). The molecule has 2 fully saturated rings. The van der Waals surface area contributed by atoms with Crippen LogP contribution in [0.4, 0.5) is 0 Å². The molecule has 27 heavy (non-hydrogen) atoms. The molecule has 2 N–H and O–H groups in total. The molecule has 0 radical (unpaired) electrons. The maximum atomic E-state index is 5.72. The zero-order valence-corrected chi connectivity index (χ0v) is 16.5. The van der Waals surface area contributed by atoms with Crippen LogP contribution >= 0.6 is 0 Å². The number of aliphatic imine (C=N–C) groups is 1. The van der Waals surface area contributed by atoms with Gasteiger partial charge < -0.3 is 25.0 Å². The Morgan fingerprint density at radius 3 is 2.74 bits per heavy atom. The maximum absolute atomic E-state index is 5.72. The summed E-state index contributed by atoms with van der Waals surface area (Å²) in [5.41, 5.74) is 1.20. The van der Waals surface area contributed by atoms with E-state index in [4.69, 9.17) is 9.47 Å². The molecule has 0 bridgehead atoms. The van der Waals surface area contributed by atoms with Gasteiger partial charge in [0.05, 0.1) is 19.8 Å². The van der Waals surface area contributed by atoms with Crippen LogP contribution in [0.25, 0.3) is 0 Å². The van der Waals surface area contributed by atoms with Crippen molar-refractivity contribution < 1.29 is 9.47 Å². The van der Waals surface area contributed by atoms with Crippen LogP contribution in [0.1, 0.15) is 24.8 Å². The van der Waals surface area contributed by atoms with Gasteiger partial charge in [0, 0.05) is 45.9 Å². The van der Waals surface area contributed by atoms with E-state index in [2.05, 4.69) is 32.7 Å². The van der Waals surface area contributed by atoms with Gasteiger partial charge in [-0.05, 0) is 30.7 Å². The van der Waals surface area contributed by atoms with E-state index in [1.54, 1.807) is 0 Å². The van der Waals surface area contributed by atoms with Crippen LogP contribution in [0.2, 0.25) is 0 Å². The lowest BCUT2D eigenvalue weighted by Gasteiger charge is -2.34. The van der Waals surface area contributed by atoms with Gasteiger partial charge in [0.2, 0.25) is 0 Å². The second-order valence-electron chi connectivity index (χ2n) is 7.49. The lowest BCUT2D eigenvalue weighted by Crippen LogP contribution is -2.49. The summed E-state index contributed by atoms with van der Waals surface area (Å²) in [4.78, 5) is 6.94. The second-order valence-corrected chi connectivity index (χ2v) is 7.49. The van der Waals surface area contributed by atoms with Crippen LogP contribution in [-0.4, -0.2) is 69.9 Å². The van der Waals surface area contributed by atoms with Gasteiger partial charge in [-0.1, -0.05) is 30.3 Å². The Balaban J connectivity index is 1.26. The summed E-state index contributed by atoms with van der Waals surface area (Å²) in [7, 11) is 1.83. The molecule has 150 valence electrons. The molecule has 1 aromatic carbocycles. The second kappa shape index (κ2) is 11.3. The molecule has 2 saturated heterocycles. The molecule has 6 heteroatoms. The third kappa shape index (κ3) is 7.13. The van der Waals surface area contributed by atoms with Crippen LogP contribution in [0.5, 0.6) is 0 Å². The van der Waals surface area contributed by atoms with Crippen molar-refractivity contribution >= 4 is 5.96 Å². The number of guanidine groups is 1. The van der Waals surface area contributed by atoms with Gasteiger partial charge in [-0.15, -0.1) is 0 Å². The van der Waals surface area contributed by atoms with Crippen LogP contribution in [0.3, 0.4) is 0 Å². The van der Waals surface area contributed by atoms with Crippen molar-refractivity contribution in [3.05, 3.63) is 35.9 Å². The first-order valence-corrected chi connectivity index (χ1v) is 10.2. The Kier molecular flexibility index (Phi) is 8.39. The Labute approximate surface area is 163 Å². The zero-order valence-electron chi connectivity index (χ0n) is 16.5. The number of piperidine rings is 1. The number of benzene rings is 1. The fourth-order valence-corrected chi connectivity index (χ4v) is 3.75. The number of hydrogen-bond donors (Lipinski definition) is 2. The van der Waals surface area contributed by atoms with Gasteiger partial charge in [-0.25, -0.2) is 0 Å². The SMILES string of the molecule is CN=C(NCCOCc1ccccc1)NC1CCN(CC2CCOC2)CC1. The number of nitrogens with zero attached hydrogens (tertiary/aromatic N) is 2. The summed E-state index contributed by atoms with van der Waals surface area (Å²) in [6, 6.07) is 10.8. The lowest BCUT2D eigenvalue weighted by molar-refractivity contribution is 0.125. The summed E-state index contributed by atoms with van der Waals surface area (Å²) >= 11 is 0. The zero-order chi connectivity index (χ0) is 18.7. The number of hydrogen-bond acceptors (Lipinski definition) is 4. The normalized spacial score (nSPS) is 22.1. The number of nitrogens with one attached hydrogen (secondary N) is 2. The van der Waals surface area contributed by atoms with E-state index in [1.165, 1.54) is 31.4 Å². The molecule has 0 aromatic heterocycles. The van der Waals surface area contributed by atoms with E-state index in [0.29, 0.717) is 19.3 Å². The van der Waals surface area contributed by atoms with Crippen LogP contribution < -0.4 is 10.6 Å². The first kappa shape index (κ1) is 20.1. The van der Waals surface area contributed by atoms with Gasteiger partial charge in [-0.2, -0.15) is 0 Å². The van der Waals surface area contributed by atoms with E-state index < -0.39 is 0 Å². The smallest absolute Gasteiger partial charge is 0.191 e. The molecule has 3 rings (SSSR count). The largest absolute Gasteiger partial charge is 0.381 e.